The molecule has 172 valence electrons. The van der Waals surface area contributed by atoms with E-state index in [2.05, 4.69) is 27.9 Å². The molecule has 0 aliphatic heterocycles. The topological polar surface area (TPSA) is 58.6 Å². The fourth-order valence-electron chi connectivity index (χ4n) is 3.88. The van der Waals surface area contributed by atoms with Crippen molar-refractivity contribution in [2.75, 3.05) is 6.61 Å². The maximum atomic E-state index is 13.2. The van der Waals surface area contributed by atoms with Crippen LogP contribution in [0.5, 0.6) is 5.75 Å². The van der Waals surface area contributed by atoms with Gasteiger partial charge in [-0.3, -0.25) is 9.59 Å². The van der Waals surface area contributed by atoms with E-state index in [1.165, 1.54) is 0 Å². The van der Waals surface area contributed by atoms with E-state index in [0.717, 1.165) is 34.8 Å². The number of carbonyl (C=O) groups is 2. The van der Waals surface area contributed by atoms with Crippen molar-refractivity contribution in [1.82, 2.24) is 10.2 Å². The average molecular weight is 589 g/mol. The van der Waals surface area contributed by atoms with Crippen LogP contribution in [0.2, 0.25) is 10.0 Å². The number of hydrogen-bond donors (Lipinski definition) is 1. The van der Waals surface area contributed by atoms with Crippen molar-refractivity contribution in [3.05, 3.63) is 61.6 Å². The van der Waals surface area contributed by atoms with Crippen LogP contribution < -0.4 is 10.1 Å². The number of nitrogens with zero attached hydrogens (tertiary/aromatic N) is 1. The van der Waals surface area contributed by atoms with Crippen molar-refractivity contribution < 1.29 is 14.3 Å². The zero-order valence-electron chi connectivity index (χ0n) is 18.0. The quantitative estimate of drug-likeness (QED) is 0.374. The van der Waals surface area contributed by atoms with Crippen LogP contribution in [0.15, 0.2) is 42.5 Å². The number of carbonyl (C=O) groups excluding carboxylic acids is 2. The minimum absolute atomic E-state index is 0.123. The Labute approximate surface area is 212 Å². The van der Waals surface area contributed by atoms with Gasteiger partial charge in [0.05, 0.1) is 10.0 Å². The van der Waals surface area contributed by atoms with Crippen LogP contribution in [-0.4, -0.2) is 35.4 Å². The first-order chi connectivity index (χ1) is 15.4. The third kappa shape index (κ3) is 6.99. The first kappa shape index (κ1) is 25.1. The molecule has 1 saturated carbocycles. The van der Waals surface area contributed by atoms with E-state index in [9.17, 15) is 9.59 Å². The molecule has 0 aromatic heterocycles. The molecular formula is C24H27Cl2IN2O3. The highest BCUT2D eigenvalue weighted by Crippen LogP contribution is 2.25. The summed E-state index contributed by atoms with van der Waals surface area (Å²) < 4.78 is 6.80. The summed E-state index contributed by atoms with van der Waals surface area (Å²) in [6.45, 7) is 1.99. The SMILES string of the molecule is CCC(C(=O)NC1CCCC1)N(Cc1ccc(Cl)c(Cl)c1)C(=O)COc1ccc(I)cc1. The van der Waals surface area contributed by atoms with Crippen LogP contribution in [0.1, 0.15) is 44.6 Å². The van der Waals surface area contributed by atoms with E-state index in [0.29, 0.717) is 22.2 Å². The van der Waals surface area contributed by atoms with E-state index in [4.69, 9.17) is 27.9 Å². The molecular weight excluding hydrogens is 562 g/mol. The van der Waals surface area contributed by atoms with Crippen LogP contribution in [0.25, 0.3) is 0 Å². The summed E-state index contributed by atoms with van der Waals surface area (Å²) in [6.07, 6.45) is 4.71. The normalized spacial score (nSPS) is 14.8. The predicted octanol–water partition coefficient (Wildman–Crippen LogP) is 5.84. The summed E-state index contributed by atoms with van der Waals surface area (Å²) in [5.74, 6) is 0.224. The Balaban J connectivity index is 1.77. The van der Waals surface area contributed by atoms with Gasteiger partial charge in [0.2, 0.25) is 5.91 Å². The lowest BCUT2D eigenvalue weighted by Gasteiger charge is -2.31. The van der Waals surface area contributed by atoms with Gasteiger partial charge in [0.15, 0.2) is 6.61 Å². The molecule has 1 N–H and O–H groups in total. The van der Waals surface area contributed by atoms with E-state index < -0.39 is 6.04 Å². The third-order valence-electron chi connectivity index (χ3n) is 5.60. The second kappa shape index (κ2) is 12.1. The standard InChI is InChI=1S/C24H27Cl2IN2O3/c1-2-22(24(31)28-18-5-3-4-6-18)29(14-16-7-12-20(25)21(26)13-16)23(30)15-32-19-10-8-17(27)9-11-19/h7-13,18,22H,2-6,14-15H2,1H3,(H,28,31). The number of rotatable bonds is 9. The Kier molecular flexibility index (Phi) is 9.49. The van der Waals surface area contributed by atoms with E-state index in [1.807, 2.05) is 37.3 Å². The molecule has 0 bridgehead atoms. The van der Waals surface area contributed by atoms with Gasteiger partial charge in [0.1, 0.15) is 11.8 Å². The smallest absolute Gasteiger partial charge is 0.261 e. The average Bonchev–Trinajstić information content (AvgIpc) is 3.28. The summed E-state index contributed by atoms with van der Waals surface area (Å²) in [5.41, 5.74) is 0.800. The molecule has 1 fully saturated rings. The molecule has 2 amide bonds. The van der Waals surface area contributed by atoms with Crippen LogP contribution in [-0.2, 0) is 16.1 Å². The lowest BCUT2D eigenvalue weighted by Crippen LogP contribution is -2.52. The molecule has 5 nitrogen and oxygen atoms in total. The summed E-state index contributed by atoms with van der Waals surface area (Å²) in [5, 5.41) is 3.99. The number of amides is 2. The molecule has 32 heavy (non-hydrogen) atoms. The van der Waals surface area contributed by atoms with E-state index >= 15 is 0 Å². The minimum atomic E-state index is -0.599. The van der Waals surface area contributed by atoms with Gasteiger partial charge in [-0.25, -0.2) is 0 Å². The number of halogens is 3. The number of ether oxygens (including phenoxy) is 1. The maximum Gasteiger partial charge on any atom is 0.261 e. The Bertz CT molecular complexity index is 933. The first-order valence-electron chi connectivity index (χ1n) is 10.8. The van der Waals surface area contributed by atoms with Crippen molar-refractivity contribution in [2.24, 2.45) is 0 Å². The molecule has 1 aliphatic carbocycles. The monoisotopic (exact) mass is 588 g/mol. The number of hydrogen-bond acceptors (Lipinski definition) is 3. The Morgan fingerprint density at radius 1 is 1.12 bits per heavy atom. The number of benzene rings is 2. The van der Waals surface area contributed by atoms with Gasteiger partial charge in [0.25, 0.3) is 5.91 Å². The fraction of sp³-hybridized carbons (Fsp3) is 0.417. The highest BCUT2D eigenvalue weighted by atomic mass is 127. The maximum absolute atomic E-state index is 13.2. The molecule has 0 spiro atoms. The van der Waals surface area contributed by atoms with Gasteiger partial charge in [0, 0.05) is 16.2 Å². The van der Waals surface area contributed by atoms with Gasteiger partial charge in [-0.15, -0.1) is 0 Å². The third-order valence-corrected chi connectivity index (χ3v) is 7.06. The molecule has 1 aliphatic rings. The van der Waals surface area contributed by atoms with Crippen LogP contribution in [0.4, 0.5) is 0 Å². The second-order valence-electron chi connectivity index (χ2n) is 7.93. The molecule has 1 atom stereocenters. The summed E-state index contributed by atoms with van der Waals surface area (Å²) in [7, 11) is 0. The fourth-order valence-corrected chi connectivity index (χ4v) is 4.56. The summed E-state index contributed by atoms with van der Waals surface area (Å²) >= 11 is 14.4. The van der Waals surface area contributed by atoms with Gasteiger partial charge in [-0.1, -0.05) is 49.0 Å². The molecule has 0 heterocycles. The van der Waals surface area contributed by atoms with Crippen molar-refractivity contribution >= 4 is 57.6 Å². The van der Waals surface area contributed by atoms with Gasteiger partial charge in [-0.2, -0.15) is 0 Å². The van der Waals surface area contributed by atoms with Gasteiger partial charge >= 0.3 is 0 Å². The summed E-state index contributed by atoms with van der Waals surface area (Å²) in [6, 6.07) is 12.3. The Hall–Kier alpha value is -1.51. The van der Waals surface area contributed by atoms with Gasteiger partial charge in [-0.05, 0) is 83.8 Å². The van der Waals surface area contributed by atoms with Crippen molar-refractivity contribution in [1.29, 1.82) is 0 Å². The predicted molar refractivity (Wildman–Crippen MR) is 136 cm³/mol. The highest BCUT2D eigenvalue weighted by Gasteiger charge is 2.31. The minimum Gasteiger partial charge on any atom is -0.484 e. The van der Waals surface area contributed by atoms with Crippen LogP contribution in [0, 0.1) is 3.57 Å². The first-order valence-corrected chi connectivity index (χ1v) is 12.6. The van der Waals surface area contributed by atoms with Crippen molar-refractivity contribution in [3.8, 4) is 5.75 Å². The Morgan fingerprint density at radius 3 is 2.44 bits per heavy atom. The van der Waals surface area contributed by atoms with E-state index in [1.54, 1.807) is 17.0 Å². The summed E-state index contributed by atoms with van der Waals surface area (Å²) in [4.78, 5) is 27.9. The molecule has 0 saturated heterocycles. The van der Waals surface area contributed by atoms with Gasteiger partial charge < -0.3 is 15.0 Å². The lowest BCUT2D eigenvalue weighted by atomic mass is 10.1. The molecule has 3 rings (SSSR count). The van der Waals surface area contributed by atoms with E-state index in [-0.39, 0.29) is 31.0 Å². The lowest BCUT2D eigenvalue weighted by molar-refractivity contribution is -0.143. The molecule has 8 heteroatoms. The zero-order valence-corrected chi connectivity index (χ0v) is 21.6. The molecule has 2 aromatic rings. The highest BCUT2D eigenvalue weighted by molar-refractivity contribution is 14.1. The Morgan fingerprint density at radius 2 is 1.81 bits per heavy atom. The molecule has 2 aromatic carbocycles. The van der Waals surface area contributed by atoms with Crippen molar-refractivity contribution in [2.45, 2.75) is 57.7 Å². The molecule has 1 unspecified atom stereocenters. The van der Waals surface area contributed by atoms with Crippen LogP contribution in [0.3, 0.4) is 0 Å². The molecule has 0 radical (unpaired) electrons. The number of nitrogens with one attached hydrogen (secondary N) is 1. The largest absolute Gasteiger partial charge is 0.484 e. The van der Waals surface area contributed by atoms with Crippen molar-refractivity contribution in [3.63, 3.8) is 0 Å². The second-order valence-corrected chi connectivity index (χ2v) is 9.99. The zero-order chi connectivity index (χ0) is 23.1. The van der Waals surface area contributed by atoms with Crippen LogP contribution >= 0.6 is 45.8 Å².